The largest absolute Gasteiger partial charge is 0.450 e. The second kappa shape index (κ2) is 9.42. The fourth-order valence-corrected chi connectivity index (χ4v) is 2.58. The topological polar surface area (TPSA) is 82.4 Å². The standard InChI is InChI=1S/C20H23N3O3/c1-3-4-11-26-20(25)22-18(19(24)23(2)14-21)13-15-9-10-16-7-5-6-8-17(16)12-15/h5-10,12,18H,3-4,11,13H2,1-2H3,(H,22,25). The normalized spacial score (nSPS) is 11.4. The van der Waals surface area contributed by atoms with Crippen LogP contribution in [0, 0.1) is 11.5 Å². The molecule has 0 saturated carbocycles. The minimum atomic E-state index is -0.866. The number of nitrogens with zero attached hydrogens (tertiary/aromatic N) is 2. The van der Waals surface area contributed by atoms with Gasteiger partial charge in [-0.3, -0.25) is 9.69 Å². The maximum absolute atomic E-state index is 12.4. The Bertz CT molecular complexity index is 813. The van der Waals surface area contributed by atoms with E-state index in [0.29, 0.717) is 6.61 Å². The first-order chi connectivity index (χ1) is 12.5. The number of likely N-dealkylation sites (N-methyl/N-ethyl adjacent to an activating group) is 1. The third kappa shape index (κ3) is 5.21. The first-order valence-electron chi connectivity index (χ1n) is 8.63. The second-order valence-corrected chi connectivity index (χ2v) is 6.07. The summed E-state index contributed by atoms with van der Waals surface area (Å²) in [6.45, 7) is 2.29. The summed E-state index contributed by atoms with van der Waals surface area (Å²) >= 11 is 0. The molecule has 0 radical (unpaired) electrons. The van der Waals surface area contributed by atoms with Gasteiger partial charge in [-0.05, 0) is 22.8 Å². The molecule has 0 bridgehead atoms. The molecule has 6 nitrogen and oxygen atoms in total. The molecule has 0 aromatic heterocycles. The van der Waals surface area contributed by atoms with Crippen LogP contribution in [0.3, 0.4) is 0 Å². The maximum atomic E-state index is 12.4. The van der Waals surface area contributed by atoms with E-state index in [9.17, 15) is 9.59 Å². The number of hydrogen-bond donors (Lipinski definition) is 1. The number of amides is 2. The SMILES string of the molecule is CCCCOC(=O)NC(Cc1ccc2ccccc2c1)C(=O)N(C)C#N. The zero-order valence-electron chi connectivity index (χ0n) is 15.1. The van der Waals surface area contributed by atoms with Crippen LogP contribution >= 0.6 is 0 Å². The lowest BCUT2D eigenvalue weighted by Gasteiger charge is -2.20. The van der Waals surface area contributed by atoms with Crippen LogP contribution < -0.4 is 5.32 Å². The number of carbonyl (C=O) groups is 2. The quantitative estimate of drug-likeness (QED) is 0.471. The molecule has 2 rings (SSSR count). The van der Waals surface area contributed by atoms with E-state index in [-0.39, 0.29) is 6.42 Å². The van der Waals surface area contributed by atoms with Crippen molar-refractivity contribution < 1.29 is 14.3 Å². The number of benzene rings is 2. The van der Waals surface area contributed by atoms with E-state index in [4.69, 9.17) is 10.00 Å². The minimum Gasteiger partial charge on any atom is -0.450 e. The lowest BCUT2D eigenvalue weighted by molar-refractivity contribution is -0.129. The Kier molecular flexibility index (Phi) is 6.98. The third-order valence-corrected chi connectivity index (χ3v) is 4.06. The van der Waals surface area contributed by atoms with E-state index in [1.165, 1.54) is 7.05 Å². The highest BCUT2D eigenvalue weighted by molar-refractivity contribution is 5.87. The summed E-state index contributed by atoms with van der Waals surface area (Å²) in [5.74, 6) is -0.479. The Morgan fingerprint density at radius 1 is 1.23 bits per heavy atom. The van der Waals surface area contributed by atoms with Crippen LogP contribution in [0.5, 0.6) is 0 Å². The van der Waals surface area contributed by atoms with Gasteiger partial charge in [0, 0.05) is 13.5 Å². The van der Waals surface area contributed by atoms with E-state index in [2.05, 4.69) is 5.32 Å². The minimum absolute atomic E-state index is 0.276. The number of nitrogens with one attached hydrogen (secondary N) is 1. The predicted molar refractivity (Wildman–Crippen MR) is 99.2 cm³/mol. The van der Waals surface area contributed by atoms with Gasteiger partial charge in [-0.25, -0.2) is 4.79 Å². The van der Waals surface area contributed by atoms with Gasteiger partial charge in [0.25, 0.3) is 5.91 Å². The van der Waals surface area contributed by atoms with Gasteiger partial charge in [-0.2, -0.15) is 5.26 Å². The lowest BCUT2D eigenvalue weighted by Crippen LogP contribution is -2.47. The molecule has 0 heterocycles. The zero-order valence-corrected chi connectivity index (χ0v) is 15.1. The van der Waals surface area contributed by atoms with Gasteiger partial charge in [0.15, 0.2) is 6.19 Å². The number of unbranched alkanes of at least 4 members (excludes halogenated alkanes) is 1. The molecule has 1 unspecified atom stereocenters. The number of ether oxygens (including phenoxy) is 1. The number of rotatable bonds is 7. The molecule has 0 aliphatic carbocycles. The van der Waals surface area contributed by atoms with Crippen LogP contribution in [0.4, 0.5) is 4.79 Å². The molecule has 2 aromatic carbocycles. The molecule has 1 N–H and O–H groups in total. The molecular weight excluding hydrogens is 330 g/mol. The molecule has 0 aliphatic rings. The maximum Gasteiger partial charge on any atom is 0.407 e. The fourth-order valence-electron chi connectivity index (χ4n) is 2.58. The molecule has 0 saturated heterocycles. The van der Waals surface area contributed by atoms with Crippen molar-refractivity contribution in [1.82, 2.24) is 10.2 Å². The highest BCUT2D eigenvalue weighted by Gasteiger charge is 2.25. The molecular formula is C20H23N3O3. The van der Waals surface area contributed by atoms with Gasteiger partial charge in [0.05, 0.1) is 6.61 Å². The molecule has 26 heavy (non-hydrogen) atoms. The summed E-state index contributed by atoms with van der Waals surface area (Å²) < 4.78 is 5.08. The molecule has 1 atom stereocenters. The van der Waals surface area contributed by atoms with Crippen LogP contribution in [-0.2, 0) is 16.0 Å². The average molecular weight is 353 g/mol. The van der Waals surface area contributed by atoms with Crippen molar-refractivity contribution in [3.63, 3.8) is 0 Å². The van der Waals surface area contributed by atoms with Crippen LogP contribution in [0.1, 0.15) is 25.3 Å². The highest BCUT2D eigenvalue weighted by Crippen LogP contribution is 2.17. The molecule has 2 aromatic rings. The van der Waals surface area contributed by atoms with Crippen LogP contribution in [0.25, 0.3) is 10.8 Å². The molecule has 0 spiro atoms. The Balaban J connectivity index is 2.15. The van der Waals surface area contributed by atoms with Gasteiger partial charge < -0.3 is 10.1 Å². The first kappa shape index (κ1) is 19.3. The lowest BCUT2D eigenvalue weighted by atomic mass is 10.0. The van der Waals surface area contributed by atoms with Crippen molar-refractivity contribution in [2.45, 2.75) is 32.2 Å². The van der Waals surface area contributed by atoms with Gasteiger partial charge in [0.1, 0.15) is 6.04 Å². The number of nitriles is 1. The molecule has 0 aliphatic heterocycles. The monoisotopic (exact) mass is 353 g/mol. The van der Waals surface area contributed by atoms with Crippen molar-refractivity contribution in [2.24, 2.45) is 0 Å². The summed E-state index contributed by atoms with van der Waals surface area (Å²) in [6, 6.07) is 12.9. The van der Waals surface area contributed by atoms with Gasteiger partial charge >= 0.3 is 6.09 Å². The van der Waals surface area contributed by atoms with E-state index >= 15 is 0 Å². The van der Waals surface area contributed by atoms with Gasteiger partial charge in [0.2, 0.25) is 0 Å². The zero-order chi connectivity index (χ0) is 18.9. The van der Waals surface area contributed by atoms with Crippen molar-refractivity contribution >= 4 is 22.8 Å². The first-order valence-corrected chi connectivity index (χ1v) is 8.63. The van der Waals surface area contributed by atoms with E-state index in [0.717, 1.165) is 34.1 Å². The third-order valence-electron chi connectivity index (χ3n) is 4.06. The Morgan fingerprint density at radius 3 is 2.65 bits per heavy atom. The van der Waals surface area contributed by atoms with E-state index in [1.807, 2.05) is 49.4 Å². The average Bonchev–Trinajstić information content (AvgIpc) is 2.66. The number of hydrogen-bond acceptors (Lipinski definition) is 4. The number of alkyl carbamates (subject to hydrolysis) is 1. The summed E-state index contributed by atoms with van der Waals surface area (Å²) in [5.41, 5.74) is 0.891. The van der Waals surface area contributed by atoms with Crippen molar-refractivity contribution in [3.8, 4) is 6.19 Å². The summed E-state index contributed by atoms with van der Waals surface area (Å²) in [4.78, 5) is 25.3. The summed E-state index contributed by atoms with van der Waals surface area (Å²) in [7, 11) is 1.37. The van der Waals surface area contributed by atoms with E-state index < -0.39 is 18.0 Å². The Hall–Kier alpha value is -3.07. The van der Waals surface area contributed by atoms with Crippen molar-refractivity contribution in [1.29, 1.82) is 5.26 Å². The van der Waals surface area contributed by atoms with Crippen LogP contribution in [0.15, 0.2) is 42.5 Å². The van der Waals surface area contributed by atoms with Gasteiger partial charge in [-0.15, -0.1) is 0 Å². The van der Waals surface area contributed by atoms with E-state index in [1.54, 1.807) is 6.19 Å². The molecule has 136 valence electrons. The summed E-state index contributed by atoms with van der Waals surface area (Å²) in [5, 5.41) is 13.7. The van der Waals surface area contributed by atoms with Crippen molar-refractivity contribution in [3.05, 3.63) is 48.0 Å². The molecule has 2 amide bonds. The second-order valence-electron chi connectivity index (χ2n) is 6.07. The van der Waals surface area contributed by atoms with Crippen LogP contribution in [0.2, 0.25) is 0 Å². The number of carbonyl (C=O) groups excluding carboxylic acids is 2. The molecule has 0 fully saturated rings. The molecule has 6 heteroatoms. The fraction of sp³-hybridized carbons (Fsp3) is 0.350. The van der Waals surface area contributed by atoms with Crippen molar-refractivity contribution in [2.75, 3.05) is 13.7 Å². The Morgan fingerprint density at radius 2 is 1.96 bits per heavy atom. The van der Waals surface area contributed by atoms with Gasteiger partial charge in [-0.1, -0.05) is 55.8 Å². The summed E-state index contributed by atoms with van der Waals surface area (Å²) in [6.07, 6.45) is 3.07. The highest BCUT2D eigenvalue weighted by atomic mass is 16.5. The smallest absolute Gasteiger partial charge is 0.407 e. The Labute approximate surface area is 153 Å². The number of fused-ring (bicyclic) bond motifs is 1. The van der Waals surface area contributed by atoms with Crippen LogP contribution in [-0.4, -0.2) is 36.6 Å². The predicted octanol–water partition coefficient (Wildman–Crippen LogP) is 3.22.